The molecule has 0 fully saturated rings. The normalized spacial score (nSPS) is 10.3. The van der Waals surface area contributed by atoms with E-state index < -0.39 is 0 Å². The summed E-state index contributed by atoms with van der Waals surface area (Å²) >= 11 is 0. The number of ether oxygens (including phenoxy) is 1. The third kappa shape index (κ3) is 6.35. The molecule has 1 rings (SSSR count). The minimum atomic E-state index is -0.260. The van der Waals surface area contributed by atoms with Crippen molar-refractivity contribution in [2.24, 2.45) is 0 Å². The van der Waals surface area contributed by atoms with Crippen molar-refractivity contribution in [3.63, 3.8) is 0 Å². The molecule has 0 aliphatic rings. The highest BCUT2D eigenvalue weighted by Crippen LogP contribution is 2.05. The molecule has 0 atom stereocenters. The van der Waals surface area contributed by atoms with Crippen LogP contribution in [0.5, 0.6) is 0 Å². The van der Waals surface area contributed by atoms with Gasteiger partial charge in [0.1, 0.15) is 5.82 Å². The maximum atomic E-state index is 12.9. The van der Waals surface area contributed by atoms with Gasteiger partial charge in [0.15, 0.2) is 0 Å². The van der Waals surface area contributed by atoms with Gasteiger partial charge in [-0.05, 0) is 37.5 Å². The van der Waals surface area contributed by atoms with Gasteiger partial charge >= 0.3 is 0 Å². The molecular weight excluding hydrogens is 233 g/mol. The highest BCUT2D eigenvalue weighted by molar-refractivity contribution is 5.76. The van der Waals surface area contributed by atoms with Gasteiger partial charge in [0.25, 0.3) is 0 Å². The fourth-order valence-electron chi connectivity index (χ4n) is 1.59. The predicted molar refractivity (Wildman–Crippen MR) is 68.8 cm³/mol. The number of hydrogen-bond acceptors (Lipinski definition) is 2. The van der Waals surface area contributed by atoms with Crippen molar-refractivity contribution in [3.05, 3.63) is 35.6 Å². The Morgan fingerprint density at radius 2 is 2.28 bits per heavy atom. The highest BCUT2D eigenvalue weighted by Gasteiger charge is 2.02. The number of aryl methyl sites for hydroxylation is 1. The number of rotatable bonds is 8. The van der Waals surface area contributed by atoms with Crippen molar-refractivity contribution in [3.8, 4) is 0 Å². The van der Waals surface area contributed by atoms with Gasteiger partial charge in [-0.1, -0.05) is 12.1 Å². The quantitative estimate of drug-likeness (QED) is 0.722. The van der Waals surface area contributed by atoms with Gasteiger partial charge in [-0.3, -0.25) is 4.79 Å². The van der Waals surface area contributed by atoms with Gasteiger partial charge in [-0.2, -0.15) is 0 Å². The Labute approximate surface area is 107 Å². The highest BCUT2D eigenvalue weighted by atomic mass is 19.1. The standard InChI is InChI=1S/C14H20FNO2/c1-2-18-10-4-9-16-14(17)8-7-12-5-3-6-13(15)11-12/h3,5-6,11H,2,4,7-10H2,1H3,(H,16,17). The molecule has 1 aromatic rings. The van der Waals surface area contributed by atoms with Crippen molar-refractivity contribution in [2.45, 2.75) is 26.2 Å². The molecule has 0 saturated carbocycles. The van der Waals surface area contributed by atoms with Crippen LogP contribution in [0.2, 0.25) is 0 Å². The van der Waals surface area contributed by atoms with Crippen LogP contribution >= 0.6 is 0 Å². The number of halogens is 1. The minimum Gasteiger partial charge on any atom is -0.382 e. The summed E-state index contributed by atoms with van der Waals surface area (Å²) < 4.78 is 18.1. The van der Waals surface area contributed by atoms with E-state index in [2.05, 4.69) is 5.32 Å². The molecule has 0 radical (unpaired) electrons. The van der Waals surface area contributed by atoms with E-state index in [1.807, 2.05) is 13.0 Å². The topological polar surface area (TPSA) is 38.3 Å². The van der Waals surface area contributed by atoms with Crippen LogP contribution in [0.3, 0.4) is 0 Å². The van der Waals surface area contributed by atoms with Crippen LogP contribution in [0, 0.1) is 5.82 Å². The van der Waals surface area contributed by atoms with Crippen LogP contribution in [0.25, 0.3) is 0 Å². The first-order valence-corrected chi connectivity index (χ1v) is 6.31. The van der Waals surface area contributed by atoms with E-state index >= 15 is 0 Å². The summed E-state index contributed by atoms with van der Waals surface area (Å²) in [6.45, 7) is 3.94. The maximum absolute atomic E-state index is 12.9. The Bertz CT molecular complexity index is 369. The summed E-state index contributed by atoms with van der Waals surface area (Å²) in [6, 6.07) is 6.34. The molecule has 0 spiro atoms. The van der Waals surface area contributed by atoms with Gasteiger partial charge in [0.05, 0.1) is 0 Å². The van der Waals surface area contributed by atoms with Crippen molar-refractivity contribution < 1.29 is 13.9 Å². The van der Waals surface area contributed by atoms with Gasteiger partial charge in [0, 0.05) is 26.2 Å². The third-order valence-corrected chi connectivity index (χ3v) is 2.52. The number of carbonyl (C=O) groups is 1. The lowest BCUT2D eigenvalue weighted by molar-refractivity contribution is -0.121. The average molecular weight is 253 g/mol. The molecule has 1 N–H and O–H groups in total. The molecule has 1 amide bonds. The molecule has 0 unspecified atom stereocenters. The number of benzene rings is 1. The molecule has 0 heterocycles. The van der Waals surface area contributed by atoms with Crippen LogP contribution < -0.4 is 5.32 Å². The fraction of sp³-hybridized carbons (Fsp3) is 0.500. The number of nitrogens with one attached hydrogen (secondary N) is 1. The lowest BCUT2D eigenvalue weighted by Gasteiger charge is -2.05. The summed E-state index contributed by atoms with van der Waals surface area (Å²) in [5.74, 6) is -0.264. The molecule has 4 heteroatoms. The van der Waals surface area contributed by atoms with Crippen molar-refractivity contribution in [1.29, 1.82) is 0 Å². The van der Waals surface area contributed by atoms with Crippen LogP contribution in [-0.4, -0.2) is 25.7 Å². The van der Waals surface area contributed by atoms with Crippen LogP contribution in [0.1, 0.15) is 25.3 Å². The molecule has 0 aromatic heterocycles. The summed E-state index contributed by atoms with van der Waals surface area (Å²) in [6.07, 6.45) is 1.77. The van der Waals surface area contributed by atoms with Gasteiger partial charge in [0.2, 0.25) is 5.91 Å². The summed E-state index contributed by atoms with van der Waals surface area (Å²) in [4.78, 5) is 11.5. The van der Waals surface area contributed by atoms with Gasteiger partial charge < -0.3 is 10.1 Å². The molecule has 1 aromatic carbocycles. The molecule has 0 bridgehead atoms. The maximum Gasteiger partial charge on any atom is 0.220 e. The Balaban J connectivity index is 2.13. The first kappa shape index (κ1) is 14.6. The third-order valence-electron chi connectivity index (χ3n) is 2.52. The van der Waals surface area contributed by atoms with Crippen LogP contribution in [0.4, 0.5) is 4.39 Å². The largest absolute Gasteiger partial charge is 0.382 e. The molecule has 3 nitrogen and oxygen atoms in total. The summed E-state index contributed by atoms with van der Waals surface area (Å²) in [5.41, 5.74) is 0.847. The Hall–Kier alpha value is -1.42. The monoisotopic (exact) mass is 253 g/mol. The van der Waals surface area contributed by atoms with E-state index in [4.69, 9.17) is 4.74 Å². The zero-order valence-electron chi connectivity index (χ0n) is 10.7. The van der Waals surface area contributed by atoms with E-state index in [0.717, 1.165) is 12.0 Å². The molecule has 18 heavy (non-hydrogen) atoms. The van der Waals surface area contributed by atoms with E-state index in [1.165, 1.54) is 12.1 Å². The Morgan fingerprint density at radius 3 is 3.00 bits per heavy atom. The second kappa shape index (κ2) is 8.64. The van der Waals surface area contributed by atoms with Crippen molar-refractivity contribution in [2.75, 3.05) is 19.8 Å². The Morgan fingerprint density at radius 1 is 1.44 bits per heavy atom. The SMILES string of the molecule is CCOCCCNC(=O)CCc1cccc(F)c1. The number of carbonyl (C=O) groups excluding carboxylic acids is 1. The van der Waals surface area contributed by atoms with E-state index in [0.29, 0.717) is 32.6 Å². The molecular formula is C14H20FNO2. The predicted octanol–water partition coefficient (Wildman–Crippen LogP) is 2.30. The van der Waals surface area contributed by atoms with E-state index in [9.17, 15) is 9.18 Å². The zero-order chi connectivity index (χ0) is 13.2. The van der Waals surface area contributed by atoms with Crippen molar-refractivity contribution in [1.82, 2.24) is 5.32 Å². The van der Waals surface area contributed by atoms with Gasteiger partial charge in [-0.15, -0.1) is 0 Å². The Kier molecular flexibility index (Phi) is 7.03. The first-order valence-electron chi connectivity index (χ1n) is 6.31. The van der Waals surface area contributed by atoms with Crippen LogP contribution in [0.15, 0.2) is 24.3 Å². The average Bonchev–Trinajstić information content (AvgIpc) is 2.36. The lowest BCUT2D eigenvalue weighted by Crippen LogP contribution is -2.25. The zero-order valence-corrected chi connectivity index (χ0v) is 10.7. The van der Waals surface area contributed by atoms with E-state index in [1.54, 1.807) is 6.07 Å². The smallest absolute Gasteiger partial charge is 0.220 e. The summed E-state index contributed by atoms with van der Waals surface area (Å²) in [5, 5.41) is 2.81. The second-order valence-corrected chi connectivity index (χ2v) is 4.03. The van der Waals surface area contributed by atoms with Gasteiger partial charge in [-0.25, -0.2) is 4.39 Å². The molecule has 0 aliphatic carbocycles. The summed E-state index contributed by atoms with van der Waals surface area (Å²) in [7, 11) is 0. The number of hydrogen-bond donors (Lipinski definition) is 1. The lowest BCUT2D eigenvalue weighted by atomic mass is 10.1. The minimum absolute atomic E-state index is 0.00393. The first-order chi connectivity index (χ1) is 8.72. The second-order valence-electron chi connectivity index (χ2n) is 4.03. The fourth-order valence-corrected chi connectivity index (χ4v) is 1.59. The van der Waals surface area contributed by atoms with Crippen molar-refractivity contribution >= 4 is 5.91 Å². The molecule has 0 saturated heterocycles. The van der Waals surface area contributed by atoms with E-state index in [-0.39, 0.29) is 11.7 Å². The molecule has 100 valence electrons. The molecule has 0 aliphatic heterocycles. The number of amides is 1. The van der Waals surface area contributed by atoms with Crippen LogP contribution in [-0.2, 0) is 16.0 Å².